The van der Waals surface area contributed by atoms with E-state index < -0.39 is 11.7 Å². The molecule has 0 aliphatic heterocycles. The van der Waals surface area contributed by atoms with Gasteiger partial charge in [0.15, 0.2) is 0 Å². The van der Waals surface area contributed by atoms with E-state index in [2.05, 4.69) is 20.9 Å². The molecule has 0 bridgehead atoms. The molecule has 13 heavy (non-hydrogen) atoms. The van der Waals surface area contributed by atoms with Gasteiger partial charge in [-0.2, -0.15) is 13.2 Å². The highest BCUT2D eigenvalue weighted by atomic mass is 79.9. The topological polar surface area (TPSA) is 12.9 Å². The summed E-state index contributed by atoms with van der Waals surface area (Å²) in [5.41, 5.74) is -0.127. The van der Waals surface area contributed by atoms with Crippen LogP contribution in [-0.4, -0.2) is 4.98 Å². The lowest BCUT2D eigenvalue weighted by Crippen LogP contribution is -2.05. The second kappa shape index (κ2) is 3.65. The van der Waals surface area contributed by atoms with Crippen LogP contribution in [-0.2, 0) is 6.18 Å². The van der Waals surface area contributed by atoms with Crippen molar-refractivity contribution in [3.63, 3.8) is 0 Å². The number of hydrogen-bond acceptors (Lipinski definition) is 1. The predicted octanol–water partition coefficient (Wildman–Crippen LogP) is 3.56. The first-order valence-corrected chi connectivity index (χ1v) is 4.50. The molecule has 1 rings (SSSR count). The first kappa shape index (κ1) is 10.5. The van der Waals surface area contributed by atoms with E-state index in [0.29, 0.717) is 5.69 Å². The van der Waals surface area contributed by atoms with Gasteiger partial charge in [0.1, 0.15) is 0 Å². The van der Waals surface area contributed by atoms with Gasteiger partial charge in [-0.25, -0.2) is 0 Å². The largest absolute Gasteiger partial charge is 0.417 e. The van der Waals surface area contributed by atoms with Crippen molar-refractivity contribution in [2.75, 3.05) is 0 Å². The third kappa shape index (κ3) is 2.69. The van der Waals surface area contributed by atoms with E-state index in [1.807, 2.05) is 0 Å². The lowest BCUT2D eigenvalue weighted by molar-refractivity contribution is -0.137. The fourth-order valence-electron chi connectivity index (χ4n) is 0.808. The van der Waals surface area contributed by atoms with E-state index in [0.717, 1.165) is 12.3 Å². The quantitative estimate of drug-likeness (QED) is 0.698. The summed E-state index contributed by atoms with van der Waals surface area (Å²) in [5.74, 6) is 0. The summed E-state index contributed by atoms with van der Waals surface area (Å²) in [6.45, 7) is 1.80. The minimum absolute atomic E-state index is 0.0326. The molecule has 0 N–H and O–H groups in total. The molecule has 1 nitrogen and oxygen atoms in total. The molecule has 1 heterocycles. The maximum atomic E-state index is 12.1. The van der Waals surface area contributed by atoms with Crippen molar-refractivity contribution in [1.29, 1.82) is 0 Å². The normalized spacial score (nSPS) is 14.2. The second-order valence-electron chi connectivity index (χ2n) is 2.59. The summed E-state index contributed by atoms with van der Waals surface area (Å²) < 4.78 is 36.2. The van der Waals surface area contributed by atoms with Crippen LogP contribution in [0.2, 0.25) is 0 Å². The average molecular weight is 254 g/mol. The fraction of sp³-hybridized carbons (Fsp3) is 0.375. The van der Waals surface area contributed by atoms with E-state index in [4.69, 9.17) is 0 Å². The van der Waals surface area contributed by atoms with Crippen LogP contribution in [0.3, 0.4) is 0 Å². The Labute approximate surface area is 82.1 Å². The van der Waals surface area contributed by atoms with Crippen molar-refractivity contribution < 1.29 is 13.2 Å². The van der Waals surface area contributed by atoms with Gasteiger partial charge in [-0.3, -0.25) is 4.98 Å². The number of nitrogens with zero attached hydrogens (tertiary/aromatic N) is 1. The number of alkyl halides is 4. The minimum atomic E-state index is -4.30. The van der Waals surface area contributed by atoms with Crippen molar-refractivity contribution in [1.82, 2.24) is 4.98 Å². The van der Waals surface area contributed by atoms with E-state index in [1.54, 1.807) is 6.92 Å². The monoisotopic (exact) mass is 253 g/mol. The van der Waals surface area contributed by atoms with Gasteiger partial charge in [-0.15, -0.1) is 0 Å². The van der Waals surface area contributed by atoms with E-state index in [1.165, 1.54) is 6.07 Å². The number of rotatable bonds is 1. The smallest absolute Gasteiger partial charge is 0.260 e. The molecule has 1 atom stereocenters. The van der Waals surface area contributed by atoms with E-state index in [9.17, 15) is 13.2 Å². The van der Waals surface area contributed by atoms with Gasteiger partial charge in [-0.05, 0) is 19.1 Å². The standard InChI is InChI=1S/C8H7BrF3N/c1-5(9)7-3-2-6(4-13-7)8(10,11)12/h2-5H,1H3. The van der Waals surface area contributed by atoms with Gasteiger partial charge in [0.05, 0.1) is 16.1 Å². The molecule has 1 aromatic rings. The SMILES string of the molecule is CC(Br)c1ccc(C(F)(F)F)cn1. The van der Waals surface area contributed by atoms with Crippen LogP contribution in [0.5, 0.6) is 0 Å². The van der Waals surface area contributed by atoms with Crippen molar-refractivity contribution in [3.8, 4) is 0 Å². The maximum absolute atomic E-state index is 12.1. The fourth-order valence-corrected chi connectivity index (χ4v) is 1.08. The Balaban J connectivity index is 2.94. The van der Waals surface area contributed by atoms with Gasteiger partial charge in [0.25, 0.3) is 0 Å². The van der Waals surface area contributed by atoms with E-state index >= 15 is 0 Å². The zero-order chi connectivity index (χ0) is 10.1. The number of hydrogen-bond donors (Lipinski definition) is 0. The zero-order valence-corrected chi connectivity index (χ0v) is 8.35. The Hall–Kier alpha value is -0.580. The number of pyridine rings is 1. The Morgan fingerprint density at radius 1 is 1.38 bits per heavy atom. The summed E-state index contributed by atoms with van der Waals surface area (Å²) >= 11 is 3.21. The molecule has 0 radical (unpaired) electrons. The molecule has 1 unspecified atom stereocenters. The van der Waals surface area contributed by atoms with Crippen molar-refractivity contribution in [3.05, 3.63) is 29.6 Å². The molecule has 1 aromatic heterocycles. The molecule has 0 aliphatic carbocycles. The summed E-state index contributed by atoms with van der Waals surface area (Å²) in [5, 5.41) is 0. The van der Waals surface area contributed by atoms with Gasteiger partial charge in [0.2, 0.25) is 0 Å². The van der Waals surface area contributed by atoms with Crippen molar-refractivity contribution in [2.45, 2.75) is 17.9 Å². The third-order valence-corrected chi connectivity index (χ3v) is 1.99. The van der Waals surface area contributed by atoms with Gasteiger partial charge >= 0.3 is 6.18 Å². The Bertz CT molecular complexity index is 278. The van der Waals surface area contributed by atoms with Crippen molar-refractivity contribution in [2.24, 2.45) is 0 Å². The third-order valence-electron chi connectivity index (χ3n) is 1.52. The molecule has 72 valence electrons. The van der Waals surface area contributed by atoms with Gasteiger partial charge in [-0.1, -0.05) is 15.9 Å². The first-order valence-electron chi connectivity index (χ1n) is 3.58. The molecule has 0 saturated heterocycles. The van der Waals surface area contributed by atoms with Crippen LogP contribution >= 0.6 is 15.9 Å². The summed E-state index contributed by atoms with van der Waals surface area (Å²) in [6, 6.07) is 2.39. The highest BCUT2D eigenvalue weighted by Crippen LogP contribution is 2.29. The molecule has 0 saturated carbocycles. The molecule has 0 fully saturated rings. The zero-order valence-electron chi connectivity index (χ0n) is 6.77. The Kier molecular flexibility index (Phi) is 2.95. The lowest BCUT2D eigenvalue weighted by Gasteiger charge is -2.07. The minimum Gasteiger partial charge on any atom is -0.260 e. The molecular formula is C8H7BrF3N. The average Bonchev–Trinajstić information content (AvgIpc) is 2.03. The number of halogens is 4. The van der Waals surface area contributed by atoms with Crippen LogP contribution in [0.15, 0.2) is 18.3 Å². The van der Waals surface area contributed by atoms with Gasteiger partial charge < -0.3 is 0 Å². The van der Waals surface area contributed by atoms with Gasteiger partial charge in [0, 0.05) is 6.20 Å². The lowest BCUT2D eigenvalue weighted by atomic mass is 10.2. The van der Waals surface area contributed by atoms with Crippen molar-refractivity contribution >= 4 is 15.9 Å². The van der Waals surface area contributed by atoms with Crippen LogP contribution < -0.4 is 0 Å². The number of aromatic nitrogens is 1. The van der Waals surface area contributed by atoms with E-state index in [-0.39, 0.29) is 4.83 Å². The highest BCUT2D eigenvalue weighted by molar-refractivity contribution is 9.09. The second-order valence-corrected chi connectivity index (χ2v) is 3.96. The molecule has 0 spiro atoms. The Morgan fingerprint density at radius 2 is 2.00 bits per heavy atom. The maximum Gasteiger partial charge on any atom is 0.417 e. The molecule has 0 aromatic carbocycles. The van der Waals surface area contributed by atoms with Crippen LogP contribution in [0.1, 0.15) is 23.0 Å². The Morgan fingerprint density at radius 3 is 2.31 bits per heavy atom. The molecule has 5 heteroatoms. The molecular weight excluding hydrogens is 247 g/mol. The van der Waals surface area contributed by atoms with Crippen LogP contribution in [0.4, 0.5) is 13.2 Å². The first-order chi connectivity index (χ1) is 5.91. The summed E-state index contributed by atoms with van der Waals surface area (Å²) in [7, 11) is 0. The summed E-state index contributed by atoms with van der Waals surface area (Å²) in [4.78, 5) is 3.65. The van der Waals surface area contributed by atoms with Crippen LogP contribution in [0.25, 0.3) is 0 Å². The molecule has 0 amide bonds. The summed E-state index contributed by atoms with van der Waals surface area (Å²) in [6.07, 6.45) is -3.46. The molecule has 0 aliphatic rings. The van der Waals surface area contributed by atoms with Crippen LogP contribution in [0, 0.1) is 0 Å². The predicted molar refractivity (Wildman–Crippen MR) is 46.6 cm³/mol. The highest BCUT2D eigenvalue weighted by Gasteiger charge is 2.30.